The average Bonchev–Trinajstić information content (AvgIpc) is 3.07. The number of allylic oxidation sites excluding steroid dienone is 8. The Labute approximate surface area is 292 Å². The fraction of sp³-hybridized carbons (Fsp3) is 0.737. The van der Waals surface area contributed by atoms with Crippen LogP contribution in [0.2, 0.25) is 0 Å². The topological polar surface area (TPSA) is 131 Å². The number of aliphatic hydroxyl groups is 1. The molecule has 2 unspecified atom stereocenters. The Morgan fingerprint density at radius 3 is 1.73 bits per heavy atom. The number of rotatable bonds is 34. The van der Waals surface area contributed by atoms with Crippen molar-refractivity contribution in [3.8, 4) is 0 Å². The van der Waals surface area contributed by atoms with Gasteiger partial charge >= 0.3 is 13.8 Å². The summed E-state index contributed by atoms with van der Waals surface area (Å²) in [5.41, 5.74) is 0. The van der Waals surface area contributed by atoms with Crippen molar-refractivity contribution in [3.63, 3.8) is 0 Å². The maximum Gasteiger partial charge on any atom is 0.472 e. The fourth-order valence-electron chi connectivity index (χ4n) is 4.66. The number of phosphoric acid groups is 1. The molecule has 278 valence electrons. The van der Waals surface area contributed by atoms with Gasteiger partial charge in [-0.25, -0.2) is 4.57 Å². The Morgan fingerprint density at radius 2 is 1.12 bits per heavy atom. The van der Waals surface area contributed by atoms with Crippen LogP contribution in [0.5, 0.6) is 0 Å². The fourth-order valence-corrected chi connectivity index (χ4v) is 5.41. The Bertz CT molecular complexity index is 934. The van der Waals surface area contributed by atoms with Crippen LogP contribution in [0.1, 0.15) is 149 Å². The number of aliphatic hydroxyl groups excluding tert-OH is 1. The lowest BCUT2D eigenvalue weighted by Gasteiger charge is -2.15. The summed E-state index contributed by atoms with van der Waals surface area (Å²) in [7, 11) is -4.41. The minimum atomic E-state index is -4.41. The monoisotopic (exact) mass is 697 g/mol. The predicted octanol–water partition coefficient (Wildman–Crippen LogP) is 9.60. The van der Waals surface area contributed by atoms with Crippen molar-refractivity contribution in [2.75, 3.05) is 26.4 Å². The van der Waals surface area contributed by atoms with Crippen LogP contribution in [0, 0.1) is 0 Å². The first-order valence-electron chi connectivity index (χ1n) is 18.6. The number of amides is 1. The van der Waals surface area contributed by atoms with Crippen molar-refractivity contribution in [2.45, 2.75) is 155 Å². The molecule has 2 atom stereocenters. The Hall–Kier alpha value is -2.03. The van der Waals surface area contributed by atoms with Gasteiger partial charge in [0.05, 0.1) is 13.2 Å². The molecule has 48 heavy (non-hydrogen) atoms. The zero-order chi connectivity index (χ0) is 35.4. The van der Waals surface area contributed by atoms with Gasteiger partial charge in [-0.3, -0.25) is 18.6 Å². The lowest BCUT2D eigenvalue weighted by Crippen LogP contribution is -2.27. The molecule has 0 rings (SSSR count). The van der Waals surface area contributed by atoms with Gasteiger partial charge in [0.1, 0.15) is 12.7 Å². The van der Waals surface area contributed by atoms with E-state index in [1.807, 2.05) is 0 Å². The largest absolute Gasteiger partial charge is 0.472 e. The van der Waals surface area contributed by atoms with Gasteiger partial charge in [0.25, 0.3) is 0 Å². The number of unbranched alkanes of at least 4 members (excludes halogenated alkanes) is 13. The number of hydrogen-bond donors (Lipinski definition) is 3. The Balaban J connectivity index is 3.65. The highest BCUT2D eigenvalue weighted by Crippen LogP contribution is 2.42. The van der Waals surface area contributed by atoms with Crippen LogP contribution in [0.15, 0.2) is 48.6 Å². The third kappa shape index (κ3) is 35.3. The second-order valence-corrected chi connectivity index (χ2v) is 13.7. The summed E-state index contributed by atoms with van der Waals surface area (Å²) in [6.45, 7) is 3.40. The Kier molecular flexibility index (Phi) is 33.3. The minimum Gasteiger partial charge on any atom is -0.463 e. The van der Waals surface area contributed by atoms with E-state index < -0.39 is 26.5 Å². The number of hydrogen-bond acceptors (Lipinski definition) is 7. The van der Waals surface area contributed by atoms with Crippen LogP contribution in [0.3, 0.4) is 0 Å². The molecule has 0 radical (unpaired) electrons. The highest BCUT2D eigenvalue weighted by atomic mass is 31.2. The van der Waals surface area contributed by atoms with Crippen molar-refractivity contribution in [3.05, 3.63) is 48.6 Å². The van der Waals surface area contributed by atoms with Crippen LogP contribution in [-0.4, -0.2) is 54.3 Å². The molecule has 9 nitrogen and oxygen atoms in total. The molecule has 0 bridgehead atoms. The normalized spacial score (nSPS) is 14.0. The smallest absolute Gasteiger partial charge is 0.463 e. The molecule has 0 fully saturated rings. The molecule has 0 aromatic heterocycles. The molecule has 0 heterocycles. The number of esters is 1. The van der Waals surface area contributed by atoms with Gasteiger partial charge in [-0.15, -0.1) is 0 Å². The van der Waals surface area contributed by atoms with Gasteiger partial charge in [0.2, 0.25) is 5.91 Å². The van der Waals surface area contributed by atoms with Crippen LogP contribution in [0.25, 0.3) is 0 Å². The van der Waals surface area contributed by atoms with Crippen molar-refractivity contribution in [1.82, 2.24) is 5.32 Å². The SMILES string of the molecule is CCCCC/C=C\C/C=C\C/C=C\C/C=C\CCCCCCCC(=O)NCCOP(=O)(O)OCC(O)COC(=O)CCCCCCCC. The van der Waals surface area contributed by atoms with E-state index in [1.165, 1.54) is 38.5 Å². The van der Waals surface area contributed by atoms with E-state index in [4.69, 9.17) is 13.8 Å². The summed E-state index contributed by atoms with van der Waals surface area (Å²) < 4.78 is 26.6. The van der Waals surface area contributed by atoms with E-state index >= 15 is 0 Å². The van der Waals surface area contributed by atoms with Crippen molar-refractivity contribution < 1.29 is 37.9 Å². The summed E-state index contributed by atoms with van der Waals surface area (Å²) in [6, 6.07) is 0. The van der Waals surface area contributed by atoms with E-state index in [0.717, 1.165) is 83.5 Å². The third-order valence-corrected chi connectivity index (χ3v) is 8.50. The van der Waals surface area contributed by atoms with Crippen molar-refractivity contribution in [1.29, 1.82) is 0 Å². The lowest BCUT2D eigenvalue weighted by atomic mass is 10.1. The first-order valence-corrected chi connectivity index (χ1v) is 20.1. The first-order chi connectivity index (χ1) is 23.3. The van der Waals surface area contributed by atoms with Gasteiger partial charge in [0, 0.05) is 19.4 Å². The molecule has 0 saturated heterocycles. The number of carbonyl (C=O) groups is 2. The molecule has 1 amide bonds. The van der Waals surface area contributed by atoms with Crippen LogP contribution in [-0.2, 0) is 27.9 Å². The molecule has 0 aromatic carbocycles. The quantitative estimate of drug-likeness (QED) is 0.0262. The zero-order valence-corrected chi connectivity index (χ0v) is 31.1. The molecular weight excluding hydrogens is 629 g/mol. The van der Waals surface area contributed by atoms with E-state index in [1.54, 1.807) is 0 Å². The molecule has 0 aliphatic heterocycles. The molecule has 10 heteroatoms. The van der Waals surface area contributed by atoms with E-state index in [9.17, 15) is 24.2 Å². The van der Waals surface area contributed by atoms with E-state index in [-0.39, 0.29) is 32.1 Å². The summed E-state index contributed by atoms with van der Waals surface area (Å²) in [5.74, 6) is -0.548. The maximum atomic E-state index is 12.0. The van der Waals surface area contributed by atoms with Gasteiger partial charge in [-0.1, -0.05) is 127 Å². The summed E-state index contributed by atoms with van der Waals surface area (Å²) >= 11 is 0. The average molecular weight is 698 g/mol. The zero-order valence-electron chi connectivity index (χ0n) is 30.2. The van der Waals surface area contributed by atoms with Crippen LogP contribution >= 0.6 is 7.82 Å². The van der Waals surface area contributed by atoms with Gasteiger partial charge in [-0.2, -0.15) is 0 Å². The van der Waals surface area contributed by atoms with Gasteiger partial charge in [-0.05, 0) is 57.8 Å². The van der Waals surface area contributed by atoms with Gasteiger partial charge in [0.15, 0.2) is 0 Å². The number of carbonyl (C=O) groups excluding carboxylic acids is 2. The van der Waals surface area contributed by atoms with Crippen molar-refractivity contribution >= 4 is 19.7 Å². The molecule has 0 aromatic rings. The molecule has 0 aliphatic rings. The first kappa shape index (κ1) is 46.0. The second kappa shape index (κ2) is 34.8. The summed E-state index contributed by atoms with van der Waals surface area (Å²) in [5, 5.41) is 12.5. The van der Waals surface area contributed by atoms with E-state index in [2.05, 4.69) is 67.8 Å². The number of nitrogens with one attached hydrogen (secondary N) is 1. The minimum absolute atomic E-state index is 0.0699. The molecule has 0 aliphatic carbocycles. The highest BCUT2D eigenvalue weighted by molar-refractivity contribution is 7.47. The molecular formula is C38H68NO8P. The Morgan fingerprint density at radius 1 is 0.646 bits per heavy atom. The molecule has 3 N–H and O–H groups in total. The standard InChI is InChI=1S/C38H68NO8P/c1-3-5-7-9-11-12-13-14-15-16-17-18-19-20-21-22-23-24-25-26-28-30-37(41)39-32-33-46-48(43,44)47-35-36(40)34-45-38(42)31-29-27-10-8-6-4-2/h11-12,14-15,17-18,20-21,36,40H,3-10,13,16,19,22-35H2,1-2H3,(H,39,41)(H,43,44)/b12-11-,15-14-,18-17-,21-20-. The van der Waals surface area contributed by atoms with Gasteiger partial charge < -0.3 is 20.1 Å². The number of phosphoric ester groups is 1. The second-order valence-electron chi connectivity index (χ2n) is 12.2. The third-order valence-electron chi connectivity index (χ3n) is 7.51. The van der Waals surface area contributed by atoms with Crippen molar-refractivity contribution in [2.24, 2.45) is 0 Å². The summed E-state index contributed by atoms with van der Waals surface area (Å²) in [4.78, 5) is 33.5. The molecule has 0 spiro atoms. The van der Waals surface area contributed by atoms with Crippen LogP contribution < -0.4 is 5.32 Å². The highest BCUT2D eigenvalue weighted by Gasteiger charge is 2.23. The number of ether oxygens (including phenoxy) is 1. The lowest BCUT2D eigenvalue weighted by molar-refractivity contribution is -0.147. The van der Waals surface area contributed by atoms with E-state index in [0.29, 0.717) is 6.42 Å². The molecule has 0 saturated carbocycles. The summed E-state index contributed by atoms with van der Waals surface area (Å²) in [6.07, 6.45) is 37.9. The predicted molar refractivity (Wildman–Crippen MR) is 197 cm³/mol. The maximum absolute atomic E-state index is 12.0. The van der Waals surface area contributed by atoms with Crippen LogP contribution in [0.4, 0.5) is 0 Å².